The molecule has 126 valence electrons. The van der Waals surface area contributed by atoms with Gasteiger partial charge in [-0.15, -0.1) is 5.10 Å². The Hall–Kier alpha value is -2.68. The molecular formula is C15H14FN3O4S. The number of ketones is 1. The summed E-state index contributed by atoms with van der Waals surface area (Å²) in [4.78, 5) is 35.0. The van der Waals surface area contributed by atoms with E-state index < -0.39 is 24.2 Å². The highest BCUT2D eigenvalue weighted by molar-refractivity contribution is 7.07. The van der Waals surface area contributed by atoms with Crippen molar-refractivity contribution >= 4 is 34.9 Å². The van der Waals surface area contributed by atoms with Crippen LogP contribution in [0.4, 0.5) is 10.1 Å². The number of nitrogens with zero attached hydrogens (tertiary/aromatic N) is 2. The molecule has 0 radical (unpaired) electrons. The molecule has 0 aliphatic carbocycles. The first kappa shape index (κ1) is 17.7. The lowest BCUT2D eigenvalue weighted by molar-refractivity contribution is -0.114. The number of amides is 1. The highest BCUT2D eigenvalue weighted by Crippen LogP contribution is 2.16. The molecule has 1 aromatic carbocycles. The van der Waals surface area contributed by atoms with E-state index >= 15 is 0 Å². The number of carbonyl (C=O) groups is 3. The minimum absolute atomic E-state index is 0.227. The summed E-state index contributed by atoms with van der Waals surface area (Å²) < 4.78 is 22.5. The van der Waals surface area contributed by atoms with Crippen LogP contribution in [0.25, 0.3) is 0 Å². The van der Waals surface area contributed by atoms with Crippen molar-refractivity contribution < 1.29 is 23.5 Å². The molecular weight excluding hydrogens is 337 g/mol. The summed E-state index contributed by atoms with van der Waals surface area (Å²) in [6.45, 7) is 2.50. The minimum Gasteiger partial charge on any atom is -0.453 e. The van der Waals surface area contributed by atoms with E-state index in [-0.39, 0.29) is 22.0 Å². The Kier molecular flexibility index (Phi) is 5.69. The van der Waals surface area contributed by atoms with Crippen LogP contribution in [0.2, 0.25) is 0 Å². The topological polar surface area (TPSA) is 98.2 Å². The van der Waals surface area contributed by atoms with Crippen molar-refractivity contribution in [1.82, 2.24) is 9.59 Å². The maximum atomic E-state index is 13.9. The zero-order valence-electron chi connectivity index (χ0n) is 13.0. The van der Waals surface area contributed by atoms with Crippen LogP contribution in [0.15, 0.2) is 18.2 Å². The van der Waals surface area contributed by atoms with Gasteiger partial charge in [0.1, 0.15) is 5.82 Å². The smallest absolute Gasteiger partial charge is 0.352 e. The average molecular weight is 351 g/mol. The molecule has 9 heteroatoms. The highest BCUT2D eigenvalue weighted by atomic mass is 32.1. The predicted molar refractivity (Wildman–Crippen MR) is 84.6 cm³/mol. The molecule has 1 heterocycles. The first-order valence-electron chi connectivity index (χ1n) is 7.01. The molecule has 7 nitrogen and oxygen atoms in total. The third-order valence-corrected chi connectivity index (χ3v) is 3.75. The number of anilines is 1. The van der Waals surface area contributed by atoms with E-state index in [4.69, 9.17) is 4.74 Å². The Morgan fingerprint density at radius 2 is 2.08 bits per heavy atom. The Morgan fingerprint density at radius 1 is 1.33 bits per heavy atom. The number of esters is 1. The van der Waals surface area contributed by atoms with Crippen LogP contribution >= 0.6 is 11.5 Å². The van der Waals surface area contributed by atoms with Crippen LogP contribution in [0.1, 0.15) is 39.6 Å². The lowest BCUT2D eigenvalue weighted by atomic mass is 10.1. The number of carbonyl (C=O) groups excluding carboxylic acids is 3. The standard InChI is InChI=1S/C15H14FN3O4S/c1-3-12-14(24-19-18-12)15(22)23-7-13(21)10-5-4-9(6-11(10)16)17-8(2)20/h4-6H,3,7H2,1-2H3,(H,17,20). The van der Waals surface area contributed by atoms with Crippen molar-refractivity contribution in [2.75, 3.05) is 11.9 Å². The molecule has 2 aromatic rings. The molecule has 0 saturated carbocycles. The normalized spacial score (nSPS) is 10.3. The number of hydrogen-bond donors (Lipinski definition) is 1. The summed E-state index contributed by atoms with van der Waals surface area (Å²) in [5.41, 5.74) is 0.496. The summed E-state index contributed by atoms with van der Waals surface area (Å²) in [5.74, 6) is -2.57. The number of hydrogen-bond acceptors (Lipinski definition) is 7. The van der Waals surface area contributed by atoms with Gasteiger partial charge in [-0.05, 0) is 36.2 Å². The third kappa shape index (κ3) is 4.19. The van der Waals surface area contributed by atoms with Gasteiger partial charge in [0.2, 0.25) is 11.7 Å². The lowest BCUT2D eigenvalue weighted by Crippen LogP contribution is -2.16. The highest BCUT2D eigenvalue weighted by Gasteiger charge is 2.19. The van der Waals surface area contributed by atoms with Gasteiger partial charge in [-0.1, -0.05) is 11.4 Å². The number of nitrogens with one attached hydrogen (secondary N) is 1. The number of aromatic nitrogens is 2. The molecule has 0 aliphatic rings. The Morgan fingerprint density at radius 3 is 2.71 bits per heavy atom. The molecule has 1 aromatic heterocycles. The maximum Gasteiger partial charge on any atom is 0.352 e. The van der Waals surface area contributed by atoms with Crippen molar-refractivity contribution in [3.05, 3.63) is 40.2 Å². The van der Waals surface area contributed by atoms with Crippen LogP contribution in [0, 0.1) is 5.82 Å². The van der Waals surface area contributed by atoms with E-state index in [1.54, 1.807) is 0 Å². The molecule has 1 N–H and O–H groups in total. The molecule has 2 rings (SSSR count). The van der Waals surface area contributed by atoms with Crippen LogP contribution in [0.3, 0.4) is 0 Å². The molecule has 0 unspecified atom stereocenters. The van der Waals surface area contributed by atoms with Gasteiger partial charge in [-0.2, -0.15) is 0 Å². The number of ether oxygens (including phenoxy) is 1. The van der Waals surface area contributed by atoms with E-state index in [2.05, 4.69) is 14.9 Å². The van der Waals surface area contributed by atoms with Crippen LogP contribution in [0.5, 0.6) is 0 Å². The van der Waals surface area contributed by atoms with Gasteiger partial charge in [0.15, 0.2) is 11.5 Å². The zero-order valence-corrected chi connectivity index (χ0v) is 13.8. The van der Waals surface area contributed by atoms with E-state index in [1.807, 2.05) is 6.92 Å². The largest absolute Gasteiger partial charge is 0.453 e. The Bertz CT molecular complexity index is 791. The van der Waals surface area contributed by atoms with Crippen LogP contribution in [-0.4, -0.2) is 33.9 Å². The fourth-order valence-corrected chi connectivity index (χ4v) is 2.54. The van der Waals surface area contributed by atoms with Crippen LogP contribution in [-0.2, 0) is 16.0 Å². The van der Waals surface area contributed by atoms with Gasteiger partial charge in [0.05, 0.1) is 11.3 Å². The van der Waals surface area contributed by atoms with E-state index in [9.17, 15) is 18.8 Å². The van der Waals surface area contributed by atoms with Gasteiger partial charge >= 0.3 is 5.97 Å². The number of benzene rings is 1. The fourth-order valence-electron chi connectivity index (χ4n) is 1.89. The monoisotopic (exact) mass is 351 g/mol. The fraction of sp³-hybridized carbons (Fsp3) is 0.267. The second-order valence-electron chi connectivity index (χ2n) is 4.78. The Balaban J connectivity index is 2.02. The predicted octanol–water partition coefficient (Wildman–Crippen LogP) is 2.24. The molecule has 0 atom stereocenters. The molecule has 24 heavy (non-hydrogen) atoms. The number of halogens is 1. The molecule has 0 aliphatic heterocycles. The van der Waals surface area contributed by atoms with E-state index in [0.29, 0.717) is 12.1 Å². The van der Waals surface area contributed by atoms with Gasteiger partial charge in [0, 0.05) is 12.6 Å². The SMILES string of the molecule is CCc1nnsc1C(=O)OCC(=O)c1ccc(NC(C)=O)cc1F. The summed E-state index contributed by atoms with van der Waals surface area (Å²) in [6.07, 6.45) is 0.508. The van der Waals surface area contributed by atoms with Crippen molar-refractivity contribution in [3.63, 3.8) is 0 Å². The average Bonchev–Trinajstić information content (AvgIpc) is 3.00. The molecule has 0 fully saturated rings. The minimum atomic E-state index is -0.809. The number of Topliss-reactive ketones (excluding diaryl/α,β-unsaturated/α-hetero) is 1. The maximum absolute atomic E-state index is 13.9. The van der Waals surface area contributed by atoms with E-state index in [0.717, 1.165) is 17.6 Å². The third-order valence-electron chi connectivity index (χ3n) is 3.00. The molecule has 0 bridgehead atoms. The molecule has 0 saturated heterocycles. The van der Waals surface area contributed by atoms with Gasteiger partial charge < -0.3 is 10.1 Å². The second-order valence-corrected chi connectivity index (χ2v) is 5.53. The zero-order chi connectivity index (χ0) is 17.7. The van der Waals surface area contributed by atoms with E-state index in [1.165, 1.54) is 19.1 Å². The summed E-state index contributed by atoms with van der Waals surface area (Å²) in [6, 6.07) is 3.64. The number of aryl methyl sites for hydroxylation is 1. The van der Waals surface area contributed by atoms with Crippen molar-refractivity contribution in [3.8, 4) is 0 Å². The number of rotatable bonds is 6. The van der Waals surface area contributed by atoms with Crippen molar-refractivity contribution in [2.24, 2.45) is 0 Å². The van der Waals surface area contributed by atoms with Gasteiger partial charge in [-0.25, -0.2) is 9.18 Å². The first-order valence-corrected chi connectivity index (χ1v) is 7.78. The van der Waals surface area contributed by atoms with Crippen molar-refractivity contribution in [1.29, 1.82) is 0 Å². The van der Waals surface area contributed by atoms with Gasteiger partial charge in [-0.3, -0.25) is 9.59 Å². The summed E-state index contributed by atoms with van der Waals surface area (Å²) in [5, 5.41) is 6.18. The van der Waals surface area contributed by atoms with Gasteiger partial charge in [0.25, 0.3) is 0 Å². The Labute approximate surface area is 141 Å². The van der Waals surface area contributed by atoms with Crippen LogP contribution < -0.4 is 5.32 Å². The van der Waals surface area contributed by atoms with Crippen molar-refractivity contribution in [2.45, 2.75) is 20.3 Å². The summed E-state index contributed by atoms with van der Waals surface area (Å²) in [7, 11) is 0. The lowest BCUT2D eigenvalue weighted by Gasteiger charge is -2.07. The second kappa shape index (κ2) is 7.73. The molecule has 0 spiro atoms. The first-order chi connectivity index (χ1) is 11.4. The molecule has 1 amide bonds. The quantitative estimate of drug-likeness (QED) is 0.633. The summed E-state index contributed by atoms with van der Waals surface area (Å²) >= 11 is 0.879.